The maximum Gasteiger partial charge on any atom is 0.326 e. The molecular weight excluding hydrogens is 464 g/mol. The molecule has 194 valence electrons. The first-order valence-electron chi connectivity index (χ1n) is 10.8. The van der Waals surface area contributed by atoms with Gasteiger partial charge in [0.2, 0.25) is 29.5 Å². The van der Waals surface area contributed by atoms with E-state index in [1.54, 1.807) is 13.8 Å². The lowest BCUT2D eigenvalue weighted by Gasteiger charge is -2.27. The number of carbonyl (C=O) groups excluding carboxylic acids is 5. The number of carbonyl (C=O) groups is 6. The van der Waals surface area contributed by atoms with Gasteiger partial charge in [0.15, 0.2) is 0 Å². The van der Waals surface area contributed by atoms with E-state index in [2.05, 4.69) is 25.9 Å². The van der Waals surface area contributed by atoms with Crippen LogP contribution in [0.5, 0.6) is 0 Å². The Balaban J connectivity index is 3.01. The number of carboxylic acids is 1. The van der Waals surface area contributed by atoms with Crippen LogP contribution < -0.4 is 33.2 Å². The van der Waals surface area contributed by atoms with E-state index >= 15 is 0 Å². The minimum Gasteiger partial charge on any atom is -0.480 e. The average Bonchev–Trinajstić information content (AvgIpc) is 3.27. The van der Waals surface area contributed by atoms with E-state index in [1.807, 2.05) is 0 Å². The first kappa shape index (κ1) is 29.0. The van der Waals surface area contributed by atoms with Gasteiger partial charge in [-0.2, -0.15) is 0 Å². The molecule has 0 radical (unpaired) electrons. The van der Waals surface area contributed by atoms with Crippen molar-refractivity contribution in [1.82, 2.24) is 25.9 Å². The van der Waals surface area contributed by atoms with Crippen LogP contribution in [-0.2, 0) is 35.2 Å². The minimum absolute atomic E-state index is 0.0830. The highest BCUT2D eigenvalue weighted by atomic mass is 16.4. The van der Waals surface area contributed by atoms with Crippen molar-refractivity contribution in [1.29, 1.82) is 0 Å². The summed E-state index contributed by atoms with van der Waals surface area (Å²) in [7, 11) is 0. The van der Waals surface area contributed by atoms with Gasteiger partial charge in [-0.1, -0.05) is 20.3 Å². The Morgan fingerprint density at radius 2 is 1.57 bits per heavy atom. The summed E-state index contributed by atoms with van der Waals surface area (Å²) >= 11 is 0. The Morgan fingerprint density at radius 3 is 2.06 bits per heavy atom. The highest BCUT2D eigenvalue weighted by molar-refractivity contribution is 5.97. The molecule has 1 rings (SSSR count). The van der Waals surface area contributed by atoms with Crippen molar-refractivity contribution in [3.05, 3.63) is 18.2 Å². The van der Waals surface area contributed by atoms with Crippen LogP contribution in [0.15, 0.2) is 12.5 Å². The molecule has 1 heterocycles. The number of amides is 5. The molecule has 0 fully saturated rings. The zero-order valence-electron chi connectivity index (χ0n) is 19.4. The smallest absolute Gasteiger partial charge is 0.326 e. The summed E-state index contributed by atoms with van der Waals surface area (Å²) in [6.45, 7) is 3.40. The SMILES string of the molecule is CCC(C)C(NC(=O)C(CC(N)=O)NC(=O)C(N)CC(N)=O)C(=O)NC(Cc1cnc[nH]1)C(=O)O. The number of aromatic nitrogens is 2. The monoisotopic (exact) mass is 496 g/mol. The largest absolute Gasteiger partial charge is 0.480 e. The lowest BCUT2D eigenvalue weighted by atomic mass is 9.97. The van der Waals surface area contributed by atoms with Crippen LogP contribution >= 0.6 is 0 Å². The van der Waals surface area contributed by atoms with Gasteiger partial charge in [-0.05, 0) is 5.92 Å². The topological polar surface area (TPSA) is 265 Å². The van der Waals surface area contributed by atoms with E-state index in [-0.39, 0.29) is 6.42 Å². The van der Waals surface area contributed by atoms with Gasteiger partial charge in [-0.3, -0.25) is 24.0 Å². The number of hydrogen-bond donors (Lipinski definition) is 8. The van der Waals surface area contributed by atoms with Gasteiger partial charge in [0.05, 0.1) is 25.2 Å². The van der Waals surface area contributed by atoms with E-state index in [0.717, 1.165) is 0 Å². The predicted molar refractivity (Wildman–Crippen MR) is 121 cm³/mol. The van der Waals surface area contributed by atoms with Gasteiger partial charge in [0.1, 0.15) is 18.1 Å². The van der Waals surface area contributed by atoms with E-state index in [1.165, 1.54) is 12.5 Å². The van der Waals surface area contributed by atoms with Crippen molar-refractivity contribution >= 4 is 35.5 Å². The Kier molecular flexibility index (Phi) is 11.3. The van der Waals surface area contributed by atoms with Crippen LogP contribution in [0.2, 0.25) is 0 Å². The fourth-order valence-electron chi connectivity index (χ4n) is 3.03. The zero-order valence-corrected chi connectivity index (χ0v) is 19.4. The molecule has 15 nitrogen and oxygen atoms in total. The number of nitrogens with two attached hydrogens (primary N) is 3. The third kappa shape index (κ3) is 9.79. The molecule has 0 aliphatic heterocycles. The number of nitrogens with one attached hydrogen (secondary N) is 4. The van der Waals surface area contributed by atoms with Gasteiger partial charge in [-0.25, -0.2) is 9.78 Å². The summed E-state index contributed by atoms with van der Waals surface area (Å²) in [5, 5.41) is 16.5. The minimum atomic E-state index is -1.50. The molecule has 0 saturated heterocycles. The molecule has 0 bridgehead atoms. The summed E-state index contributed by atoms with van der Waals surface area (Å²) in [4.78, 5) is 78.7. The van der Waals surface area contributed by atoms with Crippen LogP contribution in [0.3, 0.4) is 0 Å². The predicted octanol–water partition coefficient (Wildman–Crippen LogP) is -3.38. The molecule has 5 unspecified atom stereocenters. The second-order valence-corrected chi connectivity index (χ2v) is 8.06. The molecule has 15 heteroatoms. The summed E-state index contributed by atoms with van der Waals surface area (Å²) in [5.41, 5.74) is 16.2. The fraction of sp³-hybridized carbons (Fsp3) is 0.550. The Labute approximate surface area is 200 Å². The summed E-state index contributed by atoms with van der Waals surface area (Å²) in [6.07, 6.45) is 2.00. The van der Waals surface area contributed by atoms with Crippen molar-refractivity contribution < 1.29 is 33.9 Å². The molecule has 11 N–H and O–H groups in total. The third-order valence-electron chi connectivity index (χ3n) is 5.18. The molecule has 5 amide bonds. The zero-order chi connectivity index (χ0) is 26.7. The number of carboxylic acid groups (broad SMARTS) is 1. The van der Waals surface area contributed by atoms with Crippen molar-refractivity contribution in [3.8, 4) is 0 Å². The Bertz CT molecular complexity index is 921. The average molecular weight is 497 g/mol. The molecule has 5 atom stereocenters. The lowest BCUT2D eigenvalue weighted by molar-refractivity contribution is -0.142. The first-order valence-corrected chi connectivity index (χ1v) is 10.8. The van der Waals surface area contributed by atoms with Crippen molar-refractivity contribution in [2.45, 2.75) is 63.7 Å². The normalized spacial score (nSPS) is 15.1. The fourth-order valence-corrected chi connectivity index (χ4v) is 3.03. The molecule has 0 saturated carbocycles. The van der Waals surface area contributed by atoms with E-state index in [0.29, 0.717) is 12.1 Å². The quantitative estimate of drug-likeness (QED) is 0.120. The molecule has 1 aromatic heterocycles. The van der Waals surface area contributed by atoms with Crippen molar-refractivity contribution in [2.24, 2.45) is 23.1 Å². The standard InChI is InChI=1S/C20H32N8O7/c1-3-9(2)16(19(33)27-13(20(34)35)4-10-7-24-8-25-10)28-18(32)12(6-15(23)30)26-17(31)11(21)5-14(22)29/h7-9,11-13,16H,3-6,21H2,1-2H3,(H2,22,29)(H2,23,30)(H,24,25)(H,26,31)(H,27,33)(H,28,32)(H,34,35). The number of imidazole rings is 1. The van der Waals surface area contributed by atoms with E-state index in [4.69, 9.17) is 17.2 Å². The molecule has 0 aliphatic carbocycles. The summed E-state index contributed by atoms with van der Waals surface area (Å²) in [6, 6.07) is -5.40. The number of nitrogens with zero attached hydrogens (tertiary/aromatic N) is 1. The summed E-state index contributed by atoms with van der Waals surface area (Å²) in [5.74, 6) is -6.17. The maximum absolute atomic E-state index is 13.0. The molecule has 0 aromatic carbocycles. The number of primary amides is 2. The highest BCUT2D eigenvalue weighted by Gasteiger charge is 2.33. The van der Waals surface area contributed by atoms with Gasteiger partial charge in [0.25, 0.3) is 0 Å². The third-order valence-corrected chi connectivity index (χ3v) is 5.18. The maximum atomic E-state index is 13.0. The molecule has 0 spiro atoms. The van der Waals surface area contributed by atoms with Crippen LogP contribution in [-0.4, -0.2) is 74.7 Å². The van der Waals surface area contributed by atoms with Crippen LogP contribution in [0.25, 0.3) is 0 Å². The Hall–Kier alpha value is -4.01. The number of hydrogen-bond acceptors (Lipinski definition) is 8. The van der Waals surface area contributed by atoms with Crippen LogP contribution in [0.4, 0.5) is 0 Å². The molecule has 1 aromatic rings. The van der Waals surface area contributed by atoms with Crippen molar-refractivity contribution in [3.63, 3.8) is 0 Å². The number of aliphatic carboxylic acids is 1. The molecule has 0 aliphatic rings. The molecular formula is C20H32N8O7. The van der Waals surface area contributed by atoms with E-state index in [9.17, 15) is 33.9 Å². The molecule has 35 heavy (non-hydrogen) atoms. The van der Waals surface area contributed by atoms with Crippen LogP contribution in [0, 0.1) is 5.92 Å². The number of aromatic amines is 1. The summed E-state index contributed by atoms with van der Waals surface area (Å²) < 4.78 is 0. The van der Waals surface area contributed by atoms with Gasteiger partial charge in [-0.15, -0.1) is 0 Å². The second kappa shape index (κ2) is 13.6. The van der Waals surface area contributed by atoms with Gasteiger partial charge in [0, 0.05) is 18.3 Å². The van der Waals surface area contributed by atoms with E-state index < -0.39 is 78.4 Å². The Morgan fingerprint density at radius 1 is 0.971 bits per heavy atom. The van der Waals surface area contributed by atoms with Gasteiger partial charge < -0.3 is 43.2 Å². The number of H-pyrrole nitrogens is 1. The van der Waals surface area contributed by atoms with Gasteiger partial charge >= 0.3 is 5.97 Å². The second-order valence-electron chi connectivity index (χ2n) is 8.06. The number of rotatable bonds is 15. The van der Waals surface area contributed by atoms with Crippen molar-refractivity contribution in [2.75, 3.05) is 0 Å². The first-order chi connectivity index (χ1) is 16.3. The lowest BCUT2D eigenvalue weighted by Crippen LogP contribution is -2.59. The highest BCUT2D eigenvalue weighted by Crippen LogP contribution is 2.10. The van der Waals surface area contributed by atoms with Crippen LogP contribution in [0.1, 0.15) is 38.8 Å².